The molecule has 2 aromatic rings. The summed E-state index contributed by atoms with van der Waals surface area (Å²) < 4.78 is 0. The van der Waals surface area contributed by atoms with E-state index < -0.39 is 0 Å². The molecule has 0 fully saturated rings. The highest BCUT2D eigenvalue weighted by Crippen LogP contribution is 2.19. The summed E-state index contributed by atoms with van der Waals surface area (Å²) in [6.07, 6.45) is 4.87. The van der Waals surface area contributed by atoms with Crippen LogP contribution in [0.3, 0.4) is 0 Å². The number of imidazole rings is 1. The summed E-state index contributed by atoms with van der Waals surface area (Å²) in [5, 5.41) is 0. The fraction of sp³-hybridized carbons (Fsp3) is 0.231. The number of nitrogens with two attached hydrogens (primary N) is 1. The number of rotatable bonds is 4. The van der Waals surface area contributed by atoms with Gasteiger partial charge in [-0.1, -0.05) is 25.5 Å². The topological polar surface area (TPSA) is 54.7 Å². The van der Waals surface area contributed by atoms with E-state index in [2.05, 4.69) is 16.9 Å². The van der Waals surface area contributed by atoms with Crippen LogP contribution in [0, 0.1) is 6.92 Å². The van der Waals surface area contributed by atoms with Crippen molar-refractivity contribution in [3.8, 4) is 11.3 Å². The summed E-state index contributed by atoms with van der Waals surface area (Å²) in [7, 11) is 0. The van der Waals surface area contributed by atoms with Crippen LogP contribution in [-0.4, -0.2) is 9.97 Å². The number of aromatic nitrogens is 2. The van der Waals surface area contributed by atoms with E-state index in [-0.39, 0.29) is 0 Å². The third-order valence-corrected chi connectivity index (χ3v) is 2.48. The number of nitrogens with one attached hydrogen (secondary N) is 1. The summed E-state index contributed by atoms with van der Waals surface area (Å²) in [5.41, 5.74) is 8.50. The zero-order valence-corrected chi connectivity index (χ0v) is 9.24. The monoisotopic (exact) mass is 214 g/mol. The molecule has 1 radical (unpaired) electrons. The van der Waals surface area contributed by atoms with Gasteiger partial charge in [-0.05, 0) is 18.6 Å². The van der Waals surface area contributed by atoms with Gasteiger partial charge in [-0.2, -0.15) is 0 Å². The summed E-state index contributed by atoms with van der Waals surface area (Å²) in [4.78, 5) is 7.70. The van der Waals surface area contributed by atoms with Crippen molar-refractivity contribution in [3.63, 3.8) is 0 Å². The molecule has 0 aliphatic rings. The zero-order valence-electron chi connectivity index (χ0n) is 9.24. The third kappa shape index (κ3) is 2.42. The van der Waals surface area contributed by atoms with Gasteiger partial charge in [-0.25, -0.2) is 4.98 Å². The molecule has 16 heavy (non-hydrogen) atoms. The van der Waals surface area contributed by atoms with Crippen molar-refractivity contribution in [1.82, 2.24) is 9.97 Å². The first-order valence-corrected chi connectivity index (χ1v) is 5.49. The molecular weight excluding hydrogens is 198 g/mol. The Kier molecular flexibility index (Phi) is 3.25. The van der Waals surface area contributed by atoms with Gasteiger partial charge < -0.3 is 10.7 Å². The number of benzene rings is 1. The minimum atomic E-state index is 0.764. The van der Waals surface area contributed by atoms with Gasteiger partial charge in [0.15, 0.2) is 0 Å². The standard InChI is InChI=1S/C13H16N3/c1-2-3-7-13-15-9-12(16-13)10-5-4-6-11(14)8-10/h4-6,8-9H,1-3,7,14H2,(H,15,16). The van der Waals surface area contributed by atoms with Gasteiger partial charge in [0, 0.05) is 23.9 Å². The molecule has 0 aliphatic carbocycles. The lowest BCUT2D eigenvalue weighted by Crippen LogP contribution is -1.88. The number of H-pyrrole nitrogens is 1. The second-order valence-electron chi connectivity index (χ2n) is 3.81. The van der Waals surface area contributed by atoms with E-state index >= 15 is 0 Å². The van der Waals surface area contributed by atoms with E-state index in [1.165, 1.54) is 0 Å². The lowest BCUT2D eigenvalue weighted by molar-refractivity contribution is 0.798. The van der Waals surface area contributed by atoms with Crippen molar-refractivity contribution in [1.29, 1.82) is 0 Å². The van der Waals surface area contributed by atoms with Crippen LogP contribution in [0.25, 0.3) is 11.3 Å². The maximum atomic E-state index is 5.74. The predicted octanol–water partition coefficient (Wildman–Crippen LogP) is 2.82. The Morgan fingerprint density at radius 1 is 1.38 bits per heavy atom. The van der Waals surface area contributed by atoms with Gasteiger partial charge in [0.2, 0.25) is 0 Å². The second-order valence-corrected chi connectivity index (χ2v) is 3.81. The molecule has 3 heteroatoms. The number of hydrogen-bond acceptors (Lipinski definition) is 2. The molecule has 0 spiro atoms. The molecule has 0 atom stereocenters. The summed E-state index contributed by atoms with van der Waals surface area (Å²) in [6.45, 7) is 3.82. The van der Waals surface area contributed by atoms with Crippen molar-refractivity contribution < 1.29 is 0 Å². The Bertz CT molecular complexity index is 460. The fourth-order valence-corrected chi connectivity index (χ4v) is 1.63. The molecule has 2 rings (SSSR count). The van der Waals surface area contributed by atoms with Crippen LogP contribution in [0.1, 0.15) is 18.7 Å². The molecule has 3 nitrogen and oxygen atoms in total. The number of aromatic amines is 1. The van der Waals surface area contributed by atoms with Crippen molar-refractivity contribution in [2.75, 3.05) is 5.73 Å². The van der Waals surface area contributed by atoms with Crippen LogP contribution in [-0.2, 0) is 6.42 Å². The maximum Gasteiger partial charge on any atom is 0.106 e. The van der Waals surface area contributed by atoms with Crippen LogP contribution in [0.4, 0.5) is 5.69 Å². The number of aryl methyl sites for hydroxylation is 1. The SMILES string of the molecule is [CH2]CCCc1nc(-c2cccc(N)c2)c[nH]1. The quantitative estimate of drug-likeness (QED) is 0.769. The van der Waals surface area contributed by atoms with Gasteiger partial charge >= 0.3 is 0 Å². The van der Waals surface area contributed by atoms with Crippen LogP contribution in [0.5, 0.6) is 0 Å². The molecule has 83 valence electrons. The average molecular weight is 214 g/mol. The van der Waals surface area contributed by atoms with E-state index in [1.807, 2.05) is 30.5 Å². The maximum absolute atomic E-state index is 5.74. The molecule has 0 saturated carbocycles. The van der Waals surface area contributed by atoms with Gasteiger partial charge in [-0.15, -0.1) is 0 Å². The Balaban J connectivity index is 2.18. The average Bonchev–Trinajstić information content (AvgIpc) is 2.75. The van der Waals surface area contributed by atoms with E-state index in [0.717, 1.165) is 42.0 Å². The fourth-order valence-electron chi connectivity index (χ4n) is 1.63. The minimum Gasteiger partial charge on any atom is -0.399 e. The summed E-state index contributed by atoms with van der Waals surface area (Å²) >= 11 is 0. The number of anilines is 1. The number of hydrogen-bond donors (Lipinski definition) is 2. The largest absolute Gasteiger partial charge is 0.399 e. The van der Waals surface area contributed by atoms with Gasteiger partial charge in [0.05, 0.1) is 5.69 Å². The number of nitrogen functional groups attached to an aromatic ring is 1. The van der Waals surface area contributed by atoms with Crippen LogP contribution < -0.4 is 5.73 Å². The van der Waals surface area contributed by atoms with Crippen LogP contribution in [0.15, 0.2) is 30.5 Å². The first-order chi connectivity index (χ1) is 7.79. The predicted molar refractivity (Wildman–Crippen MR) is 66.7 cm³/mol. The van der Waals surface area contributed by atoms with E-state index in [1.54, 1.807) is 0 Å². The van der Waals surface area contributed by atoms with E-state index in [9.17, 15) is 0 Å². The number of nitrogens with zero attached hydrogens (tertiary/aromatic N) is 1. The molecule has 0 unspecified atom stereocenters. The normalized spacial score (nSPS) is 10.6. The zero-order chi connectivity index (χ0) is 11.4. The van der Waals surface area contributed by atoms with Gasteiger partial charge in [0.1, 0.15) is 5.82 Å². The highest BCUT2D eigenvalue weighted by molar-refractivity contribution is 5.63. The molecule has 3 N–H and O–H groups in total. The molecule has 0 aliphatic heterocycles. The van der Waals surface area contributed by atoms with E-state index in [4.69, 9.17) is 5.73 Å². The third-order valence-electron chi connectivity index (χ3n) is 2.48. The first-order valence-electron chi connectivity index (χ1n) is 5.49. The molecule has 0 saturated heterocycles. The Morgan fingerprint density at radius 3 is 3.00 bits per heavy atom. The highest BCUT2D eigenvalue weighted by atomic mass is 14.9. The Labute approximate surface area is 95.7 Å². The Morgan fingerprint density at radius 2 is 2.25 bits per heavy atom. The van der Waals surface area contributed by atoms with Crippen LogP contribution in [0.2, 0.25) is 0 Å². The lowest BCUT2D eigenvalue weighted by Gasteiger charge is -1.97. The summed E-state index contributed by atoms with van der Waals surface area (Å²) in [5.74, 6) is 1.01. The van der Waals surface area contributed by atoms with Crippen molar-refractivity contribution in [2.24, 2.45) is 0 Å². The molecule has 1 heterocycles. The van der Waals surface area contributed by atoms with Gasteiger partial charge in [0.25, 0.3) is 0 Å². The van der Waals surface area contributed by atoms with Crippen LogP contribution >= 0.6 is 0 Å². The molecule has 1 aromatic carbocycles. The van der Waals surface area contributed by atoms with Gasteiger partial charge in [-0.3, -0.25) is 0 Å². The molecule has 0 bridgehead atoms. The molecular formula is C13H16N3. The van der Waals surface area contributed by atoms with E-state index in [0.29, 0.717) is 0 Å². The molecule has 0 amide bonds. The van der Waals surface area contributed by atoms with Crippen molar-refractivity contribution in [2.45, 2.75) is 19.3 Å². The second kappa shape index (κ2) is 4.84. The summed E-state index contributed by atoms with van der Waals surface area (Å²) in [6, 6.07) is 7.76. The van der Waals surface area contributed by atoms with Crippen molar-refractivity contribution >= 4 is 5.69 Å². The molecule has 1 aromatic heterocycles. The highest BCUT2D eigenvalue weighted by Gasteiger charge is 2.03. The van der Waals surface area contributed by atoms with Crippen molar-refractivity contribution in [3.05, 3.63) is 43.2 Å². The number of unbranched alkanes of at least 4 members (excludes halogenated alkanes) is 1. The Hall–Kier alpha value is -1.77. The lowest BCUT2D eigenvalue weighted by atomic mass is 10.1. The smallest absolute Gasteiger partial charge is 0.106 e. The first kappa shape index (κ1) is 10.7. The minimum absolute atomic E-state index is 0.764.